The van der Waals surface area contributed by atoms with Gasteiger partial charge in [-0.15, -0.1) is 0 Å². The molecule has 94 valence electrons. The summed E-state index contributed by atoms with van der Waals surface area (Å²) in [6, 6.07) is 3.20. The van der Waals surface area contributed by atoms with E-state index in [1.54, 1.807) is 0 Å². The molecule has 1 saturated heterocycles. The van der Waals surface area contributed by atoms with Gasteiger partial charge in [0.15, 0.2) is 0 Å². The second kappa shape index (κ2) is 4.97. The Bertz CT molecular complexity index is 416. The Kier molecular flexibility index (Phi) is 3.77. The standard InChI is InChI=1S/C11H11BrF2O3/c12-6-11(16-5-8(4-15)17-11)9-2-1-7(13)3-10(9)14/h1-3,8,15H,4-6H2/t8-,11+/m1/s1. The van der Waals surface area contributed by atoms with Gasteiger partial charge in [0.1, 0.15) is 17.7 Å². The van der Waals surface area contributed by atoms with Crippen LogP contribution in [0.25, 0.3) is 0 Å². The van der Waals surface area contributed by atoms with Crippen molar-refractivity contribution in [3.8, 4) is 0 Å². The average Bonchev–Trinajstić information content (AvgIpc) is 2.74. The summed E-state index contributed by atoms with van der Waals surface area (Å²) in [7, 11) is 0. The fourth-order valence-corrected chi connectivity index (χ4v) is 2.33. The summed E-state index contributed by atoms with van der Waals surface area (Å²) in [6.07, 6.45) is -0.503. The van der Waals surface area contributed by atoms with Crippen molar-refractivity contribution in [3.05, 3.63) is 35.4 Å². The van der Waals surface area contributed by atoms with Gasteiger partial charge in [-0.25, -0.2) is 8.78 Å². The minimum atomic E-state index is -1.30. The topological polar surface area (TPSA) is 38.7 Å². The molecule has 1 aliphatic heterocycles. The van der Waals surface area contributed by atoms with Gasteiger partial charge in [0.25, 0.3) is 0 Å². The van der Waals surface area contributed by atoms with Gasteiger partial charge < -0.3 is 14.6 Å². The third kappa shape index (κ3) is 2.35. The summed E-state index contributed by atoms with van der Waals surface area (Å²) in [6.45, 7) is -0.0452. The highest BCUT2D eigenvalue weighted by Gasteiger charge is 2.44. The fraction of sp³-hybridized carbons (Fsp3) is 0.455. The summed E-state index contributed by atoms with van der Waals surface area (Å²) in [5, 5.41) is 9.17. The van der Waals surface area contributed by atoms with Crippen LogP contribution in [0.2, 0.25) is 0 Å². The van der Waals surface area contributed by atoms with E-state index in [4.69, 9.17) is 14.6 Å². The first-order valence-electron chi connectivity index (χ1n) is 5.05. The number of alkyl halides is 1. The van der Waals surface area contributed by atoms with Crippen LogP contribution in [0.1, 0.15) is 5.56 Å². The average molecular weight is 309 g/mol. The molecule has 1 aromatic rings. The molecule has 1 heterocycles. The molecule has 0 spiro atoms. The van der Waals surface area contributed by atoms with Crippen molar-refractivity contribution in [3.63, 3.8) is 0 Å². The van der Waals surface area contributed by atoms with Crippen LogP contribution in [-0.2, 0) is 15.3 Å². The first-order chi connectivity index (χ1) is 8.11. The molecule has 2 atom stereocenters. The van der Waals surface area contributed by atoms with E-state index < -0.39 is 23.5 Å². The highest BCUT2D eigenvalue weighted by Crippen LogP contribution is 2.37. The number of aliphatic hydroxyl groups is 1. The zero-order chi connectivity index (χ0) is 12.5. The number of ether oxygens (including phenoxy) is 2. The molecule has 3 nitrogen and oxygen atoms in total. The van der Waals surface area contributed by atoms with Crippen molar-refractivity contribution in [2.75, 3.05) is 18.5 Å². The van der Waals surface area contributed by atoms with Crippen molar-refractivity contribution in [2.24, 2.45) is 0 Å². The lowest BCUT2D eigenvalue weighted by Crippen LogP contribution is -2.31. The molecule has 0 radical (unpaired) electrons. The lowest BCUT2D eigenvalue weighted by Gasteiger charge is -2.26. The van der Waals surface area contributed by atoms with Crippen molar-refractivity contribution >= 4 is 15.9 Å². The van der Waals surface area contributed by atoms with Crippen LogP contribution in [0.3, 0.4) is 0 Å². The first kappa shape index (κ1) is 12.9. The second-order valence-corrected chi connectivity index (χ2v) is 4.30. The van der Waals surface area contributed by atoms with Gasteiger partial charge in [-0.05, 0) is 12.1 Å². The van der Waals surface area contributed by atoms with Gasteiger partial charge >= 0.3 is 0 Å². The zero-order valence-corrected chi connectivity index (χ0v) is 10.4. The molecule has 0 bridgehead atoms. The van der Waals surface area contributed by atoms with Gasteiger partial charge in [0.2, 0.25) is 5.79 Å². The van der Waals surface area contributed by atoms with Crippen molar-refractivity contribution in [1.82, 2.24) is 0 Å². The Morgan fingerprint density at radius 2 is 2.24 bits per heavy atom. The number of halogens is 3. The highest BCUT2D eigenvalue weighted by molar-refractivity contribution is 9.09. The maximum absolute atomic E-state index is 13.7. The summed E-state index contributed by atoms with van der Waals surface area (Å²) >= 11 is 3.19. The Morgan fingerprint density at radius 1 is 1.47 bits per heavy atom. The van der Waals surface area contributed by atoms with Crippen LogP contribution in [0.5, 0.6) is 0 Å². The number of rotatable bonds is 3. The molecule has 0 unspecified atom stereocenters. The molecule has 0 amide bonds. The molecule has 2 rings (SSSR count). The predicted octanol–water partition coefficient (Wildman–Crippen LogP) is 1.92. The van der Waals surface area contributed by atoms with E-state index >= 15 is 0 Å². The molecule has 1 fully saturated rings. The molecule has 1 N–H and O–H groups in total. The third-order valence-corrected chi connectivity index (χ3v) is 3.32. The lowest BCUT2D eigenvalue weighted by atomic mass is 10.1. The van der Waals surface area contributed by atoms with E-state index in [2.05, 4.69) is 15.9 Å². The molecule has 0 aliphatic carbocycles. The Hall–Kier alpha value is -0.560. The van der Waals surface area contributed by atoms with Crippen LogP contribution in [0.15, 0.2) is 18.2 Å². The van der Waals surface area contributed by atoms with E-state index in [-0.39, 0.29) is 24.1 Å². The highest BCUT2D eigenvalue weighted by atomic mass is 79.9. The molecule has 1 aromatic carbocycles. The monoisotopic (exact) mass is 308 g/mol. The smallest absolute Gasteiger partial charge is 0.208 e. The maximum atomic E-state index is 13.7. The van der Waals surface area contributed by atoms with E-state index in [9.17, 15) is 8.78 Å². The molecular weight excluding hydrogens is 298 g/mol. The van der Waals surface area contributed by atoms with Gasteiger partial charge in [0.05, 0.1) is 18.5 Å². The number of aliphatic hydroxyl groups excluding tert-OH is 1. The molecule has 1 aliphatic rings. The van der Waals surface area contributed by atoms with Crippen LogP contribution in [0.4, 0.5) is 8.78 Å². The minimum Gasteiger partial charge on any atom is -0.394 e. The van der Waals surface area contributed by atoms with Crippen LogP contribution < -0.4 is 0 Å². The molecular formula is C11H11BrF2O3. The molecule has 0 saturated carbocycles. The Labute approximate surface area is 105 Å². The zero-order valence-electron chi connectivity index (χ0n) is 8.83. The van der Waals surface area contributed by atoms with E-state index in [1.165, 1.54) is 6.07 Å². The SMILES string of the molecule is OC[C@@H]1CO[C@](CBr)(c2ccc(F)cc2F)O1. The van der Waals surface area contributed by atoms with E-state index in [0.717, 1.165) is 12.1 Å². The van der Waals surface area contributed by atoms with Crippen LogP contribution >= 0.6 is 15.9 Å². The van der Waals surface area contributed by atoms with Crippen LogP contribution in [-0.4, -0.2) is 29.8 Å². The number of hydrogen-bond acceptors (Lipinski definition) is 3. The number of hydrogen-bond donors (Lipinski definition) is 1. The second-order valence-electron chi connectivity index (χ2n) is 3.74. The van der Waals surface area contributed by atoms with Crippen LogP contribution in [0, 0.1) is 11.6 Å². The van der Waals surface area contributed by atoms with E-state index in [0.29, 0.717) is 0 Å². The van der Waals surface area contributed by atoms with Gasteiger partial charge in [-0.2, -0.15) is 0 Å². The van der Waals surface area contributed by atoms with Crippen molar-refractivity contribution < 1.29 is 23.4 Å². The van der Waals surface area contributed by atoms with Gasteiger partial charge in [0, 0.05) is 11.6 Å². The number of benzene rings is 1. The largest absolute Gasteiger partial charge is 0.394 e. The van der Waals surface area contributed by atoms with E-state index in [1.807, 2.05) is 0 Å². The fourth-order valence-electron chi connectivity index (χ4n) is 1.74. The maximum Gasteiger partial charge on any atom is 0.208 e. The molecule has 6 heteroatoms. The third-order valence-electron chi connectivity index (χ3n) is 2.58. The predicted molar refractivity (Wildman–Crippen MR) is 59.7 cm³/mol. The van der Waals surface area contributed by atoms with Gasteiger partial charge in [-0.1, -0.05) is 15.9 Å². The molecule has 0 aromatic heterocycles. The summed E-state index contributed by atoms with van der Waals surface area (Å²) in [5.41, 5.74) is 0.117. The first-order valence-corrected chi connectivity index (χ1v) is 6.17. The molecule has 17 heavy (non-hydrogen) atoms. The lowest BCUT2D eigenvalue weighted by molar-refractivity contribution is -0.162. The summed E-state index contributed by atoms with van der Waals surface area (Å²) < 4.78 is 37.4. The minimum absolute atomic E-state index is 0.117. The van der Waals surface area contributed by atoms with Gasteiger partial charge in [-0.3, -0.25) is 0 Å². The quantitative estimate of drug-likeness (QED) is 0.867. The van der Waals surface area contributed by atoms with Crippen molar-refractivity contribution in [2.45, 2.75) is 11.9 Å². The normalized spacial score (nSPS) is 28.6. The van der Waals surface area contributed by atoms with Crippen molar-refractivity contribution in [1.29, 1.82) is 0 Å². The summed E-state index contributed by atoms with van der Waals surface area (Å²) in [5.74, 6) is -2.69. The Balaban J connectivity index is 2.35. The Morgan fingerprint density at radius 3 is 2.76 bits per heavy atom. The summed E-state index contributed by atoms with van der Waals surface area (Å²) in [4.78, 5) is 0.